The average Bonchev–Trinajstić information content (AvgIpc) is 2.58. The molecule has 0 saturated carbocycles. The van der Waals surface area contributed by atoms with Crippen LogP contribution in [0, 0.1) is 5.92 Å². The topological polar surface area (TPSA) is 27.6 Å². The number of halogens is 3. The molecular formula is C19H28F3N3. The van der Waals surface area contributed by atoms with Gasteiger partial charge in [-0.15, -0.1) is 0 Å². The predicted molar refractivity (Wildman–Crippen MR) is 95.8 cm³/mol. The third kappa shape index (κ3) is 6.25. The molecule has 1 aliphatic heterocycles. The number of aliphatic imine (C=N–C) groups is 1. The van der Waals surface area contributed by atoms with Gasteiger partial charge in [0.2, 0.25) is 0 Å². The van der Waals surface area contributed by atoms with E-state index in [0.29, 0.717) is 24.8 Å². The number of rotatable bonds is 5. The molecule has 1 aromatic rings. The third-order valence-corrected chi connectivity index (χ3v) is 4.81. The van der Waals surface area contributed by atoms with E-state index >= 15 is 0 Å². The Labute approximate surface area is 148 Å². The van der Waals surface area contributed by atoms with Gasteiger partial charge in [-0.1, -0.05) is 37.3 Å². The van der Waals surface area contributed by atoms with E-state index in [1.807, 2.05) is 6.07 Å². The lowest BCUT2D eigenvalue weighted by Crippen LogP contribution is -2.48. The number of likely N-dealkylation sites (tertiary alicyclic amines) is 1. The van der Waals surface area contributed by atoms with Gasteiger partial charge in [0.1, 0.15) is 0 Å². The number of benzene rings is 1. The zero-order chi connectivity index (χ0) is 18.3. The summed E-state index contributed by atoms with van der Waals surface area (Å²) in [6, 6.07) is 10.6. The molecule has 0 amide bonds. The van der Waals surface area contributed by atoms with Crippen molar-refractivity contribution in [1.82, 2.24) is 10.2 Å². The lowest BCUT2D eigenvalue weighted by atomic mass is 9.82. The molecule has 1 fully saturated rings. The van der Waals surface area contributed by atoms with Crippen LogP contribution < -0.4 is 5.32 Å². The summed E-state index contributed by atoms with van der Waals surface area (Å²) in [6.45, 7) is 4.59. The van der Waals surface area contributed by atoms with Crippen molar-refractivity contribution in [1.29, 1.82) is 0 Å². The lowest BCUT2D eigenvalue weighted by molar-refractivity contribution is -0.135. The maximum absolute atomic E-state index is 12.2. The molecule has 0 aliphatic carbocycles. The molecule has 2 atom stereocenters. The number of nitrogens with zero attached hydrogens (tertiary/aromatic N) is 2. The lowest BCUT2D eigenvalue weighted by Gasteiger charge is -2.39. The highest BCUT2D eigenvalue weighted by Gasteiger charge is 2.29. The van der Waals surface area contributed by atoms with Crippen LogP contribution in [0.15, 0.2) is 35.3 Å². The first kappa shape index (κ1) is 19.6. The first-order chi connectivity index (χ1) is 11.9. The molecule has 2 unspecified atom stereocenters. The predicted octanol–water partition coefficient (Wildman–Crippen LogP) is 4.42. The molecule has 6 heteroatoms. The Bertz CT molecular complexity index is 543. The highest BCUT2D eigenvalue weighted by molar-refractivity contribution is 5.80. The molecule has 1 aliphatic rings. The zero-order valence-electron chi connectivity index (χ0n) is 15.0. The van der Waals surface area contributed by atoms with Crippen LogP contribution in [0.25, 0.3) is 0 Å². The maximum Gasteiger partial charge on any atom is 0.389 e. The van der Waals surface area contributed by atoms with Crippen molar-refractivity contribution in [2.75, 3.05) is 26.7 Å². The molecule has 2 rings (SSSR count). The smallest absolute Gasteiger partial charge is 0.356 e. The Kier molecular flexibility index (Phi) is 7.14. The number of piperidine rings is 1. The van der Waals surface area contributed by atoms with Crippen LogP contribution >= 0.6 is 0 Å². The summed E-state index contributed by atoms with van der Waals surface area (Å²) in [7, 11) is 1.73. The van der Waals surface area contributed by atoms with E-state index in [1.54, 1.807) is 7.05 Å². The van der Waals surface area contributed by atoms with Crippen molar-refractivity contribution in [2.24, 2.45) is 10.9 Å². The maximum atomic E-state index is 12.2. The highest BCUT2D eigenvalue weighted by atomic mass is 19.4. The van der Waals surface area contributed by atoms with E-state index < -0.39 is 12.6 Å². The summed E-state index contributed by atoms with van der Waals surface area (Å²) in [4.78, 5) is 6.52. The molecule has 3 nitrogen and oxygen atoms in total. The second kappa shape index (κ2) is 9.11. The van der Waals surface area contributed by atoms with Gasteiger partial charge in [0, 0.05) is 33.1 Å². The molecule has 25 heavy (non-hydrogen) atoms. The second-order valence-corrected chi connectivity index (χ2v) is 6.78. The van der Waals surface area contributed by atoms with Gasteiger partial charge in [-0.2, -0.15) is 13.2 Å². The van der Waals surface area contributed by atoms with E-state index in [1.165, 1.54) is 5.56 Å². The van der Waals surface area contributed by atoms with Crippen LogP contribution in [0.1, 0.15) is 44.1 Å². The molecule has 0 aromatic heterocycles. The molecule has 1 saturated heterocycles. The summed E-state index contributed by atoms with van der Waals surface area (Å²) in [6.07, 6.45) is -3.07. The standard InChI is InChI=1S/C19H28F3N3/c1-15-14-25(13-10-17(15)16-8-4-3-5-9-16)18(23-2)24-12-7-6-11-19(20,21)22/h3-5,8-9,15,17H,6-7,10-14H2,1-2H3,(H,23,24). The van der Waals surface area contributed by atoms with Gasteiger partial charge >= 0.3 is 6.18 Å². The normalized spacial score (nSPS) is 22.1. The van der Waals surface area contributed by atoms with E-state index in [2.05, 4.69) is 46.4 Å². The molecule has 1 N–H and O–H groups in total. The van der Waals surface area contributed by atoms with Crippen molar-refractivity contribution in [2.45, 2.75) is 44.7 Å². The Morgan fingerprint density at radius 3 is 2.56 bits per heavy atom. The monoisotopic (exact) mass is 355 g/mol. The van der Waals surface area contributed by atoms with E-state index in [9.17, 15) is 13.2 Å². The van der Waals surface area contributed by atoms with Crippen LogP contribution in [0.3, 0.4) is 0 Å². The molecule has 0 bridgehead atoms. The number of hydrogen-bond donors (Lipinski definition) is 1. The van der Waals surface area contributed by atoms with E-state index in [0.717, 1.165) is 25.5 Å². The van der Waals surface area contributed by atoms with Gasteiger partial charge in [0.15, 0.2) is 5.96 Å². The van der Waals surface area contributed by atoms with Crippen LogP contribution in [0.4, 0.5) is 13.2 Å². The van der Waals surface area contributed by atoms with Crippen LogP contribution in [-0.2, 0) is 0 Å². The summed E-state index contributed by atoms with van der Waals surface area (Å²) in [5.41, 5.74) is 1.38. The quantitative estimate of drug-likeness (QED) is 0.481. The minimum Gasteiger partial charge on any atom is -0.356 e. The first-order valence-electron chi connectivity index (χ1n) is 8.98. The summed E-state index contributed by atoms with van der Waals surface area (Å²) >= 11 is 0. The van der Waals surface area contributed by atoms with Crippen LogP contribution in [-0.4, -0.2) is 43.7 Å². The van der Waals surface area contributed by atoms with Gasteiger partial charge in [0.05, 0.1) is 0 Å². The third-order valence-electron chi connectivity index (χ3n) is 4.81. The number of alkyl halides is 3. The van der Waals surface area contributed by atoms with Crippen molar-refractivity contribution in [3.05, 3.63) is 35.9 Å². The number of nitrogens with one attached hydrogen (secondary N) is 1. The molecular weight excluding hydrogens is 327 g/mol. The van der Waals surface area contributed by atoms with Crippen molar-refractivity contribution in [3.63, 3.8) is 0 Å². The highest BCUT2D eigenvalue weighted by Crippen LogP contribution is 2.32. The van der Waals surface area contributed by atoms with Crippen molar-refractivity contribution >= 4 is 5.96 Å². The second-order valence-electron chi connectivity index (χ2n) is 6.78. The fraction of sp³-hybridized carbons (Fsp3) is 0.632. The van der Waals surface area contributed by atoms with E-state index in [-0.39, 0.29) is 6.42 Å². The average molecular weight is 355 g/mol. The Morgan fingerprint density at radius 2 is 1.96 bits per heavy atom. The van der Waals surface area contributed by atoms with Gasteiger partial charge in [0.25, 0.3) is 0 Å². The molecule has 1 aromatic carbocycles. The molecule has 0 spiro atoms. The first-order valence-corrected chi connectivity index (χ1v) is 8.98. The van der Waals surface area contributed by atoms with Gasteiger partial charge in [-0.3, -0.25) is 4.99 Å². The van der Waals surface area contributed by atoms with Crippen molar-refractivity contribution in [3.8, 4) is 0 Å². The fourth-order valence-electron chi connectivity index (χ4n) is 3.52. The number of hydrogen-bond acceptors (Lipinski definition) is 1. The largest absolute Gasteiger partial charge is 0.389 e. The van der Waals surface area contributed by atoms with Gasteiger partial charge in [-0.25, -0.2) is 0 Å². The zero-order valence-corrected chi connectivity index (χ0v) is 15.0. The molecule has 140 valence electrons. The van der Waals surface area contributed by atoms with Gasteiger partial charge in [-0.05, 0) is 36.7 Å². The minimum absolute atomic E-state index is 0.153. The fourth-order valence-corrected chi connectivity index (χ4v) is 3.52. The van der Waals surface area contributed by atoms with Gasteiger partial charge < -0.3 is 10.2 Å². The Balaban J connectivity index is 1.79. The summed E-state index contributed by atoms with van der Waals surface area (Å²) < 4.78 is 36.5. The SMILES string of the molecule is CN=C(NCCCCC(F)(F)F)N1CCC(c2ccccc2)C(C)C1. The van der Waals surface area contributed by atoms with Crippen molar-refractivity contribution < 1.29 is 13.2 Å². The molecule has 1 heterocycles. The number of guanidine groups is 1. The van der Waals surface area contributed by atoms with E-state index in [4.69, 9.17) is 0 Å². The van der Waals surface area contributed by atoms with Crippen LogP contribution in [0.5, 0.6) is 0 Å². The Morgan fingerprint density at radius 1 is 1.24 bits per heavy atom. The summed E-state index contributed by atoms with van der Waals surface area (Å²) in [5, 5.41) is 3.21. The number of unbranched alkanes of at least 4 members (excludes halogenated alkanes) is 1. The van der Waals surface area contributed by atoms with Crippen LogP contribution in [0.2, 0.25) is 0 Å². The molecule has 0 radical (unpaired) electrons. The minimum atomic E-state index is -4.06. The Hall–Kier alpha value is -1.72. The summed E-state index contributed by atoms with van der Waals surface area (Å²) in [5.74, 6) is 1.84.